The molecule has 1 aliphatic heterocycles. The SMILES string of the molecule is CCN1CC(CC)(c2cn(-c3ccc(F)cc3)c3ccc(Cl)cc23)N(NC)C1=O. The third-order valence-electron chi connectivity index (χ3n) is 5.91. The molecule has 1 aliphatic rings. The summed E-state index contributed by atoms with van der Waals surface area (Å²) in [5.41, 5.74) is 5.38. The number of urea groups is 1. The Bertz CT molecular complexity index is 1060. The van der Waals surface area contributed by atoms with E-state index in [1.54, 1.807) is 24.2 Å². The lowest BCUT2D eigenvalue weighted by molar-refractivity contribution is 0.115. The molecule has 3 aromatic rings. The van der Waals surface area contributed by atoms with E-state index in [0.717, 1.165) is 28.6 Å². The highest BCUT2D eigenvalue weighted by atomic mass is 35.5. The van der Waals surface area contributed by atoms with Gasteiger partial charge in [-0.3, -0.25) is 0 Å². The van der Waals surface area contributed by atoms with Crippen molar-refractivity contribution in [3.8, 4) is 5.69 Å². The fourth-order valence-corrected chi connectivity index (χ4v) is 4.56. The first-order chi connectivity index (χ1) is 13.9. The van der Waals surface area contributed by atoms with E-state index in [-0.39, 0.29) is 11.8 Å². The summed E-state index contributed by atoms with van der Waals surface area (Å²) in [5.74, 6) is -0.278. The molecular weight excluding hydrogens is 391 g/mol. The van der Waals surface area contributed by atoms with Crippen LogP contribution in [0.4, 0.5) is 9.18 Å². The number of nitrogens with one attached hydrogen (secondary N) is 1. The van der Waals surface area contributed by atoms with Crippen molar-refractivity contribution in [2.24, 2.45) is 0 Å². The number of benzene rings is 2. The van der Waals surface area contributed by atoms with Crippen LogP contribution in [0, 0.1) is 5.82 Å². The summed E-state index contributed by atoms with van der Waals surface area (Å²) >= 11 is 6.35. The monoisotopic (exact) mass is 414 g/mol. The van der Waals surface area contributed by atoms with E-state index in [9.17, 15) is 9.18 Å². The van der Waals surface area contributed by atoms with Crippen LogP contribution in [0.3, 0.4) is 0 Å². The number of rotatable bonds is 5. The Labute approximate surface area is 174 Å². The summed E-state index contributed by atoms with van der Waals surface area (Å²) in [4.78, 5) is 14.8. The van der Waals surface area contributed by atoms with Crippen molar-refractivity contribution >= 4 is 28.5 Å². The van der Waals surface area contributed by atoms with Crippen molar-refractivity contribution in [1.82, 2.24) is 19.9 Å². The van der Waals surface area contributed by atoms with Crippen molar-refractivity contribution in [1.29, 1.82) is 0 Å². The Morgan fingerprint density at radius 3 is 2.52 bits per heavy atom. The smallest absolute Gasteiger partial charge is 0.321 e. The van der Waals surface area contributed by atoms with Crippen LogP contribution in [-0.4, -0.2) is 40.6 Å². The molecule has 0 spiro atoms. The molecular formula is C22H24ClFN4O. The molecule has 1 aromatic heterocycles. The third kappa shape index (κ3) is 2.98. The van der Waals surface area contributed by atoms with E-state index < -0.39 is 5.54 Å². The van der Waals surface area contributed by atoms with Gasteiger partial charge in [0.1, 0.15) is 11.4 Å². The first kappa shape index (κ1) is 19.7. The van der Waals surface area contributed by atoms with E-state index in [0.29, 0.717) is 18.1 Å². The van der Waals surface area contributed by atoms with Crippen LogP contribution in [0.1, 0.15) is 25.8 Å². The van der Waals surface area contributed by atoms with Crippen LogP contribution >= 0.6 is 11.6 Å². The van der Waals surface area contributed by atoms with Gasteiger partial charge in [-0.25, -0.2) is 19.6 Å². The van der Waals surface area contributed by atoms with Gasteiger partial charge in [0.05, 0.1) is 12.1 Å². The molecule has 1 fully saturated rings. The molecule has 29 heavy (non-hydrogen) atoms. The summed E-state index contributed by atoms with van der Waals surface area (Å²) in [6.45, 7) is 5.28. The zero-order chi connectivity index (χ0) is 20.8. The lowest BCUT2D eigenvalue weighted by Crippen LogP contribution is -2.50. The molecule has 4 rings (SSSR count). The fourth-order valence-electron chi connectivity index (χ4n) is 4.39. The highest BCUT2D eigenvalue weighted by Crippen LogP contribution is 2.43. The lowest BCUT2D eigenvalue weighted by atomic mass is 9.87. The number of hydrazine groups is 1. The molecule has 1 atom stereocenters. The summed E-state index contributed by atoms with van der Waals surface area (Å²) in [7, 11) is 1.77. The fraction of sp³-hybridized carbons (Fsp3) is 0.318. The zero-order valence-corrected chi connectivity index (χ0v) is 17.5. The van der Waals surface area contributed by atoms with E-state index >= 15 is 0 Å². The van der Waals surface area contributed by atoms with Crippen molar-refractivity contribution in [3.05, 3.63) is 65.1 Å². The average molecular weight is 415 g/mol. The Morgan fingerprint density at radius 2 is 1.90 bits per heavy atom. The number of hydrogen-bond acceptors (Lipinski definition) is 2. The largest absolute Gasteiger partial charge is 0.335 e. The third-order valence-corrected chi connectivity index (χ3v) is 6.14. The predicted octanol–water partition coefficient (Wildman–Crippen LogP) is 4.92. The normalized spacial score (nSPS) is 19.6. The van der Waals surface area contributed by atoms with E-state index in [2.05, 4.69) is 18.5 Å². The number of halogens is 2. The topological polar surface area (TPSA) is 40.5 Å². The molecule has 1 saturated heterocycles. The molecule has 0 saturated carbocycles. The van der Waals surface area contributed by atoms with Crippen molar-refractivity contribution < 1.29 is 9.18 Å². The van der Waals surface area contributed by atoms with Crippen molar-refractivity contribution in [3.63, 3.8) is 0 Å². The van der Waals surface area contributed by atoms with Gasteiger partial charge in [-0.1, -0.05) is 18.5 Å². The minimum absolute atomic E-state index is 0.0402. The highest BCUT2D eigenvalue weighted by molar-refractivity contribution is 6.31. The van der Waals surface area contributed by atoms with Crippen LogP contribution < -0.4 is 5.43 Å². The van der Waals surface area contributed by atoms with E-state index in [1.807, 2.05) is 34.6 Å². The molecule has 0 bridgehead atoms. The minimum atomic E-state index is -0.546. The number of likely N-dealkylation sites (N-methyl/N-ethyl adjacent to an activating group) is 1. The Morgan fingerprint density at radius 1 is 1.17 bits per heavy atom. The van der Waals surface area contributed by atoms with Crippen LogP contribution in [-0.2, 0) is 5.54 Å². The predicted molar refractivity (Wildman–Crippen MR) is 114 cm³/mol. The van der Waals surface area contributed by atoms with Crippen molar-refractivity contribution in [2.75, 3.05) is 20.1 Å². The summed E-state index contributed by atoms with van der Waals surface area (Å²) < 4.78 is 15.5. The van der Waals surface area contributed by atoms with Crippen LogP contribution in [0.25, 0.3) is 16.6 Å². The van der Waals surface area contributed by atoms with Crippen LogP contribution in [0.5, 0.6) is 0 Å². The Balaban J connectivity index is 1.99. The van der Waals surface area contributed by atoms with Gasteiger partial charge in [-0.15, -0.1) is 0 Å². The number of amides is 2. The van der Waals surface area contributed by atoms with Gasteiger partial charge < -0.3 is 9.47 Å². The van der Waals surface area contributed by atoms with E-state index in [1.165, 1.54) is 12.1 Å². The summed E-state index contributed by atoms with van der Waals surface area (Å²) in [5, 5.41) is 3.34. The second kappa shape index (κ2) is 7.35. The number of carbonyl (C=O) groups is 1. The molecule has 2 aromatic carbocycles. The molecule has 7 heteroatoms. The summed E-state index contributed by atoms with van der Waals surface area (Å²) in [6.07, 6.45) is 2.78. The molecule has 1 unspecified atom stereocenters. The second-order valence-electron chi connectivity index (χ2n) is 7.29. The van der Waals surface area contributed by atoms with Gasteiger partial charge in [0.15, 0.2) is 0 Å². The molecule has 1 N–H and O–H groups in total. The molecule has 2 heterocycles. The number of fused-ring (bicyclic) bond motifs is 1. The highest BCUT2D eigenvalue weighted by Gasteiger charge is 2.50. The zero-order valence-electron chi connectivity index (χ0n) is 16.7. The minimum Gasteiger partial charge on any atom is -0.321 e. The van der Waals surface area contributed by atoms with Crippen molar-refractivity contribution in [2.45, 2.75) is 25.8 Å². The summed E-state index contributed by atoms with van der Waals surface area (Å²) in [6, 6.07) is 12.1. The molecule has 0 aliphatic carbocycles. The van der Waals surface area contributed by atoms with Gasteiger partial charge in [0.25, 0.3) is 0 Å². The first-order valence-electron chi connectivity index (χ1n) is 9.78. The molecule has 2 amide bonds. The molecule has 152 valence electrons. The van der Waals surface area contributed by atoms with Crippen LogP contribution in [0.15, 0.2) is 48.7 Å². The standard InChI is InChI=1S/C22H24ClFN4O/c1-4-22(14-26(5-2)21(29)28(22)25-3)19-13-27(17-9-7-16(24)8-10-17)20-11-6-15(23)12-18(19)20/h6-13,25H,4-5,14H2,1-3H3. The Kier molecular flexibility index (Phi) is 5.00. The number of nitrogens with zero attached hydrogens (tertiary/aromatic N) is 3. The number of hydrogen-bond donors (Lipinski definition) is 1. The van der Waals surface area contributed by atoms with E-state index in [4.69, 9.17) is 11.6 Å². The molecule has 5 nitrogen and oxygen atoms in total. The lowest BCUT2D eigenvalue weighted by Gasteiger charge is -2.35. The maximum atomic E-state index is 13.5. The quantitative estimate of drug-likeness (QED) is 0.643. The maximum Gasteiger partial charge on any atom is 0.335 e. The van der Waals surface area contributed by atoms with Gasteiger partial charge in [-0.05, 0) is 55.8 Å². The van der Waals surface area contributed by atoms with Gasteiger partial charge >= 0.3 is 6.03 Å². The molecule has 0 radical (unpaired) electrons. The second-order valence-corrected chi connectivity index (χ2v) is 7.73. The van der Waals surface area contributed by atoms with Gasteiger partial charge in [0, 0.05) is 41.4 Å². The van der Waals surface area contributed by atoms with Gasteiger partial charge in [0.2, 0.25) is 0 Å². The maximum absolute atomic E-state index is 13.5. The average Bonchev–Trinajstić information content (AvgIpc) is 3.23. The number of aromatic nitrogens is 1. The Hall–Kier alpha value is -2.57. The number of carbonyl (C=O) groups excluding carboxylic acids is 1. The van der Waals surface area contributed by atoms with Crippen LogP contribution in [0.2, 0.25) is 5.02 Å². The van der Waals surface area contributed by atoms with Gasteiger partial charge in [-0.2, -0.15) is 0 Å². The first-order valence-corrected chi connectivity index (χ1v) is 10.2.